The number of nitrogens with zero attached hydrogens (tertiary/aromatic N) is 4. The second-order valence-corrected chi connectivity index (χ2v) is 10.0. The van der Waals surface area contributed by atoms with Gasteiger partial charge in [-0.05, 0) is 61.4 Å². The van der Waals surface area contributed by atoms with Crippen molar-refractivity contribution in [1.82, 2.24) is 20.1 Å². The first-order valence-corrected chi connectivity index (χ1v) is 12.8. The molecule has 0 bridgehead atoms. The fraction of sp³-hybridized carbons (Fsp3) is 0.379. The molecular formula is C29H34FN5O. The van der Waals surface area contributed by atoms with Gasteiger partial charge in [0.25, 0.3) is 5.91 Å². The Hall–Kier alpha value is -3.29. The number of amides is 1. The van der Waals surface area contributed by atoms with Gasteiger partial charge in [0.2, 0.25) is 0 Å². The van der Waals surface area contributed by atoms with Crippen molar-refractivity contribution in [3.8, 4) is 11.1 Å². The Morgan fingerprint density at radius 2 is 1.61 bits per heavy atom. The molecule has 188 valence electrons. The van der Waals surface area contributed by atoms with Gasteiger partial charge < -0.3 is 15.1 Å². The second kappa shape index (κ2) is 10.8. The summed E-state index contributed by atoms with van der Waals surface area (Å²) in [5.74, 6) is 0.559. The van der Waals surface area contributed by atoms with Crippen molar-refractivity contribution in [2.45, 2.75) is 32.5 Å². The van der Waals surface area contributed by atoms with Crippen LogP contribution in [0.5, 0.6) is 0 Å². The molecule has 2 aliphatic heterocycles. The molecule has 0 aliphatic carbocycles. The first-order chi connectivity index (χ1) is 17.5. The summed E-state index contributed by atoms with van der Waals surface area (Å²) in [5.41, 5.74) is 4.09. The van der Waals surface area contributed by atoms with Crippen molar-refractivity contribution in [1.29, 1.82) is 0 Å². The van der Waals surface area contributed by atoms with E-state index in [1.165, 1.54) is 17.7 Å². The molecule has 0 radical (unpaired) electrons. The highest BCUT2D eigenvalue weighted by atomic mass is 19.1. The molecule has 0 unspecified atom stereocenters. The Morgan fingerprint density at radius 3 is 2.28 bits per heavy atom. The number of piperazine rings is 2. The lowest BCUT2D eigenvalue weighted by atomic mass is 10.0. The Kier molecular flexibility index (Phi) is 7.30. The largest absolute Gasteiger partial charge is 0.353 e. The van der Waals surface area contributed by atoms with Crippen LogP contribution in [-0.4, -0.2) is 72.0 Å². The van der Waals surface area contributed by atoms with E-state index in [9.17, 15) is 9.18 Å². The Balaban J connectivity index is 1.25. The fourth-order valence-electron chi connectivity index (χ4n) is 5.39. The SMILES string of the molecule is C[C@@H]1CN(Cc2ccc(-c3cccnc3N3CCN(C(=O)c4ccc(F)cc4)CC3)cc2)C[C@H](C)N1. The van der Waals surface area contributed by atoms with Crippen LogP contribution < -0.4 is 10.2 Å². The van der Waals surface area contributed by atoms with Gasteiger partial charge in [-0.15, -0.1) is 0 Å². The summed E-state index contributed by atoms with van der Waals surface area (Å²) in [7, 11) is 0. The van der Waals surface area contributed by atoms with E-state index >= 15 is 0 Å². The van der Waals surface area contributed by atoms with E-state index in [4.69, 9.17) is 4.98 Å². The number of halogens is 1. The van der Waals surface area contributed by atoms with Crippen molar-refractivity contribution in [3.63, 3.8) is 0 Å². The summed E-state index contributed by atoms with van der Waals surface area (Å²) in [4.78, 5) is 24.1. The monoisotopic (exact) mass is 487 g/mol. The lowest BCUT2D eigenvalue weighted by molar-refractivity contribution is 0.0746. The van der Waals surface area contributed by atoms with Crippen molar-refractivity contribution in [2.24, 2.45) is 0 Å². The van der Waals surface area contributed by atoms with E-state index in [1.54, 1.807) is 12.1 Å². The third-order valence-electron chi connectivity index (χ3n) is 7.05. The maximum Gasteiger partial charge on any atom is 0.253 e. The smallest absolute Gasteiger partial charge is 0.253 e. The van der Waals surface area contributed by atoms with Crippen molar-refractivity contribution in [3.05, 3.63) is 83.8 Å². The van der Waals surface area contributed by atoms with Gasteiger partial charge in [0.1, 0.15) is 11.6 Å². The van der Waals surface area contributed by atoms with Crippen LogP contribution in [0.15, 0.2) is 66.9 Å². The average Bonchev–Trinajstić information content (AvgIpc) is 2.89. The second-order valence-electron chi connectivity index (χ2n) is 10.0. The predicted molar refractivity (Wildman–Crippen MR) is 142 cm³/mol. The van der Waals surface area contributed by atoms with Gasteiger partial charge in [-0.2, -0.15) is 0 Å². The highest BCUT2D eigenvalue weighted by Crippen LogP contribution is 2.30. The maximum absolute atomic E-state index is 13.2. The predicted octanol–water partition coefficient (Wildman–Crippen LogP) is 4.03. The molecule has 0 saturated carbocycles. The van der Waals surface area contributed by atoms with Crippen LogP contribution in [0.2, 0.25) is 0 Å². The Bertz CT molecular complexity index is 1170. The fourth-order valence-corrected chi connectivity index (χ4v) is 5.39. The van der Waals surface area contributed by atoms with Crippen LogP contribution in [0.1, 0.15) is 29.8 Å². The summed E-state index contributed by atoms with van der Waals surface area (Å²) >= 11 is 0. The number of carbonyl (C=O) groups is 1. The number of benzene rings is 2. The van der Waals surface area contributed by atoms with E-state index in [0.717, 1.165) is 36.6 Å². The molecule has 2 fully saturated rings. The molecule has 1 aromatic heterocycles. The molecule has 6 nitrogen and oxygen atoms in total. The zero-order valence-corrected chi connectivity index (χ0v) is 21.0. The number of aromatic nitrogens is 1. The minimum absolute atomic E-state index is 0.0558. The number of carbonyl (C=O) groups excluding carboxylic acids is 1. The third-order valence-corrected chi connectivity index (χ3v) is 7.05. The van der Waals surface area contributed by atoms with E-state index in [0.29, 0.717) is 43.8 Å². The summed E-state index contributed by atoms with van der Waals surface area (Å²) in [6, 6.07) is 19.7. The van der Waals surface area contributed by atoms with Gasteiger partial charge in [0.15, 0.2) is 0 Å². The first-order valence-electron chi connectivity index (χ1n) is 12.8. The highest BCUT2D eigenvalue weighted by Gasteiger charge is 2.25. The van der Waals surface area contributed by atoms with Gasteiger partial charge in [0.05, 0.1) is 0 Å². The minimum Gasteiger partial charge on any atom is -0.353 e. The highest BCUT2D eigenvalue weighted by molar-refractivity contribution is 5.94. The van der Waals surface area contributed by atoms with E-state index < -0.39 is 0 Å². The quantitative estimate of drug-likeness (QED) is 0.589. The molecular weight excluding hydrogens is 453 g/mol. The number of nitrogens with one attached hydrogen (secondary N) is 1. The van der Waals surface area contributed by atoms with Gasteiger partial charge in [-0.1, -0.05) is 24.3 Å². The molecule has 3 aromatic rings. The van der Waals surface area contributed by atoms with Gasteiger partial charge in [-0.3, -0.25) is 9.69 Å². The molecule has 1 N–H and O–H groups in total. The molecule has 2 aliphatic rings. The zero-order valence-electron chi connectivity index (χ0n) is 21.0. The molecule has 2 aromatic carbocycles. The topological polar surface area (TPSA) is 51.7 Å². The molecule has 1 amide bonds. The van der Waals surface area contributed by atoms with Crippen LogP contribution >= 0.6 is 0 Å². The summed E-state index contributed by atoms with van der Waals surface area (Å²) in [6.07, 6.45) is 1.83. The average molecular weight is 488 g/mol. The maximum atomic E-state index is 13.2. The molecule has 7 heteroatoms. The Labute approximate surface area is 212 Å². The molecule has 3 heterocycles. The van der Waals surface area contributed by atoms with Gasteiger partial charge in [0, 0.05) is 75.2 Å². The van der Waals surface area contributed by atoms with Crippen molar-refractivity contribution >= 4 is 11.7 Å². The molecule has 36 heavy (non-hydrogen) atoms. The number of hydrogen-bond donors (Lipinski definition) is 1. The number of pyridine rings is 1. The molecule has 0 spiro atoms. The van der Waals surface area contributed by atoms with Gasteiger partial charge in [-0.25, -0.2) is 9.37 Å². The summed E-state index contributed by atoms with van der Waals surface area (Å²) in [5, 5.41) is 3.59. The summed E-state index contributed by atoms with van der Waals surface area (Å²) in [6.45, 7) is 10.2. The van der Waals surface area contributed by atoms with Crippen molar-refractivity contribution < 1.29 is 9.18 Å². The van der Waals surface area contributed by atoms with Crippen LogP contribution in [0.3, 0.4) is 0 Å². The zero-order chi connectivity index (χ0) is 25.1. The number of rotatable bonds is 5. The van der Waals surface area contributed by atoms with Crippen LogP contribution in [0.25, 0.3) is 11.1 Å². The summed E-state index contributed by atoms with van der Waals surface area (Å²) < 4.78 is 13.2. The van der Waals surface area contributed by atoms with Gasteiger partial charge >= 0.3 is 0 Å². The van der Waals surface area contributed by atoms with Crippen LogP contribution in [0, 0.1) is 5.82 Å². The lowest BCUT2D eigenvalue weighted by Gasteiger charge is -2.36. The minimum atomic E-state index is -0.333. The molecule has 2 atom stereocenters. The van der Waals surface area contributed by atoms with E-state index in [1.807, 2.05) is 17.2 Å². The number of anilines is 1. The van der Waals surface area contributed by atoms with E-state index in [-0.39, 0.29) is 11.7 Å². The third kappa shape index (κ3) is 5.58. The standard InChI is InChI=1S/C29H34FN5O/c1-21-18-33(19-22(2)32-21)20-23-5-7-24(8-6-23)27-4-3-13-31-28(27)34-14-16-35(17-15-34)29(36)25-9-11-26(30)12-10-25/h3-13,21-22,32H,14-20H2,1-2H3/t21-,22+. The molecule has 5 rings (SSSR count). The lowest BCUT2D eigenvalue weighted by Crippen LogP contribution is -2.53. The Morgan fingerprint density at radius 1 is 0.944 bits per heavy atom. The normalized spacial score (nSPS) is 21.0. The van der Waals surface area contributed by atoms with E-state index in [2.05, 4.69) is 59.3 Å². The molecule has 2 saturated heterocycles. The van der Waals surface area contributed by atoms with Crippen molar-refractivity contribution in [2.75, 3.05) is 44.2 Å². The first kappa shape index (κ1) is 24.4. The number of hydrogen-bond acceptors (Lipinski definition) is 5. The van der Waals surface area contributed by atoms with Crippen LogP contribution in [-0.2, 0) is 6.54 Å². The van der Waals surface area contributed by atoms with Crippen LogP contribution in [0.4, 0.5) is 10.2 Å².